The topological polar surface area (TPSA) is 17.1 Å². The number of rotatable bonds is 3. The van der Waals surface area contributed by atoms with Gasteiger partial charge < -0.3 is 0 Å². The van der Waals surface area contributed by atoms with Gasteiger partial charge in [-0.1, -0.05) is 60.6 Å². The zero-order valence-corrected chi connectivity index (χ0v) is 22.9. The Hall–Kier alpha value is -0.590. The molecule has 1 nitrogen and oxygen atoms in total. The number of hydrogen-bond donors (Lipinski definition) is 0. The Morgan fingerprint density at radius 1 is 0.909 bits per heavy atom. The molecule has 5 fully saturated rings. The lowest BCUT2D eigenvalue weighted by atomic mass is 9.32. The average Bonchev–Trinajstić information content (AvgIpc) is 3.17. The predicted molar refractivity (Wildman–Crippen MR) is 139 cm³/mol. The third kappa shape index (κ3) is 2.86. The minimum atomic E-state index is -0.139. The normalized spacial score (nSPS) is 52.9. The van der Waals surface area contributed by atoms with Crippen molar-refractivity contribution >= 4 is 5.78 Å². The maximum absolute atomic E-state index is 13.0. The lowest BCUT2D eigenvalue weighted by Gasteiger charge is -2.72. The number of Topliss-reactive ketones (excluding diaryl/α,β-unsaturated/α-hetero) is 1. The predicted octanol–water partition coefficient (Wildman–Crippen LogP) is 8.83. The van der Waals surface area contributed by atoms with E-state index in [-0.39, 0.29) is 5.41 Å². The first-order valence-electron chi connectivity index (χ1n) is 14.4. The van der Waals surface area contributed by atoms with Crippen molar-refractivity contribution in [2.24, 2.45) is 56.7 Å². The van der Waals surface area contributed by atoms with Crippen molar-refractivity contribution in [1.29, 1.82) is 0 Å². The summed E-state index contributed by atoms with van der Waals surface area (Å²) in [6.45, 7) is 21.9. The van der Waals surface area contributed by atoms with Gasteiger partial charge in [0, 0.05) is 11.8 Å². The summed E-state index contributed by atoms with van der Waals surface area (Å²) in [5, 5.41) is 0. The van der Waals surface area contributed by atoms with Crippen LogP contribution in [0.25, 0.3) is 0 Å². The smallest absolute Gasteiger partial charge is 0.138 e. The molecule has 0 aromatic carbocycles. The van der Waals surface area contributed by atoms with E-state index in [9.17, 15) is 4.79 Å². The van der Waals surface area contributed by atoms with E-state index in [2.05, 4.69) is 61.5 Å². The number of ketones is 1. The van der Waals surface area contributed by atoms with Gasteiger partial charge in [-0.05, 0) is 122 Å². The summed E-state index contributed by atoms with van der Waals surface area (Å²) < 4.78 is 0. The van der Waals surface area contributed by atoms with Gasteiger partial charge in [-0.3, -0.25) is 4.79 Å². The Kier molecular flexibility index (Phi) is 5.45. The Morgan fingerprint density at radius 2 is 1.64 bits per heavy atom. The second kappa shape index (κ2) is 7.46. The molecule has 0 heterocycles. The first-order valence-corrected chi connectivity index (χ1v) is 14.4. The van der Waals surface area contributed by atoms with Gasteiger partial charge in [0.15, 0.2) is 0 Å². The molecular formula is C32H51O. The van der Waals surface area contributed by atoms with Crippen molar-refractivity contribution in [2.45, 2.75) is 119 Å². The summed E-state index contributed by atoms with van der Waals surface area (Å²) in [5.41, 5.74) is 2.99. The molecule has 0 aromatic heterocycles. The van der Waals surface area contributed by atoms with Gasteiger partial charge in [0.25, 0.3) is 0 Å². The third-order valence-electron chi connectivity index (χ3n) is 13.8. The Morgan fingerprint density at radius 3 is 2.30 bits per heavy atom. The Labute approximate surface area is 204 Å². The van der Waals surface area contributed by atoms with E-state index in [1.54, 1.807) is 0 Å². The first-order chi connectivity index (χ1) is 15.4. The van der Waals surface area contributed by atoms with Crippen LogP contribution in [0.4, 0.5) is 0 Å². The summed E-state index contributed by atoms with van der Waals surface area (Å²) in [6.07, 6.45) is 16.6. The quantitative estimate of drug-likeness (QED) is 0.392. The summed E-state index contributed by atoms with van der Waals surface area (Å²) in [5.74, 6) is 4.23. The number of allylic oxidation sites excluding steroid dienone is 1. The van der Waals surface area contributed by atoms with Gasteiger partial charge in [0.05, 0.1) is 0 Å². The van der Waals surface area contributed by atoms with Crippen molar-refractivity contribution in [1.82, 2.24) is 0 Å². The SMILES string of the molecule is C=C(CC)[C@@H]1CC[C@]2([CH]C)CC[C@]3(C)[C@H](CC[C@@H]4[C@@]5(C)CCC(=O)C(C)(C)[C@@H]5CC[C@]43C)[C@@H]12. The fourth-order valence-electron chi connectivity index (χ4n) is 11.7. The van der Waals surface area contributed by atoms with Gasteiger partial charge in [-0.15, -0.1) is 0 Å². The molecule has 0 spiro atoms. The monoisotopic (exact) mass is 451 g/mol. The number of fused-ring (bicyclic) bond motifs is 7. The number of carbonyl (C=O) groups excluding carboxylic acids is 1. The van der Waals surface area contributed by atoms with Crippen LogP contribution in [0.5, 0.6) is 0 Å². The highest BCUT2D eigenvalue weighted by molar-refractivity contribution is 5.85. The van der Waals surface area contributed by atoms with Crippen LogP contribution in [0.3, 0.4) is 0 Å². The molecule has 33 heavy (non-hydrogen) atoms. The van der Waals surface area contributed by atoms with Crippen LogP contribution in [0.2, 0.25) is 0 Å². The minimum absolute atomic E-state index is 0.139. The molecule has 5 aliphatic carbocycles. The largest absolute Gasteiger partial charge is 0.299 e. The Balaban J connectivity index is 1.55. The van der Waals surface area contributed by atoms with Crippen molar-refractivity contribution in [2.75, 3.05) is 0 Å². The van der Waals surface area contributed by atoms with Gasteiger partial charge in [0.1, 0.15) is 5.78 Å². The molecule has 1 radical (unpaired) electrons. The summed E-state index contributed by atoms with van der Waals surface area (Å²) in [4.78, 5) is 13.0. The molecule has 0 amide bonds. The van der Waals surface area contributed by atoms with Crippen LogP contribution in [0.15, 0.2) is 12.2 Å². The molecule has 5 aliphatic rings. The second-order valence-electron chi connectivity index (χ2n) is 14.5. The van der Waals surface area contributed by atoms with E-state index in [0.29, 0.717) is 33.4 Å². The van der Waals surface area contributed by atoms with E-state index >= 15 is 0 Å². The molecule has 0 aliphatic heterocycles. The lowest BCUT2D eigenvalue weighted by molar-refractivity contribution is -0.231. The van der Waals surface area contributed by atoms with Crippen LogP contribution in [-0.2, 0) is 4.79 Å². The second-order valence-corrected chi connectivity index (χ2v) is 14.5. The number of hydrogen-bond acceptors (Lipinski definition) is 1. The summed E-state index contributed by atoms with van der Waals surface area (Å²) in [7, 11) is 0. The summed E-state index contributed by atoms with van der Waals surface area (Å²) >= 11 is 0. The van der Waals surface area contributed by atoms with E-state index < -0.39 is 0 Å². The lowest BCUT2D eigenvalue weighted by Crippen LogP contribution is -2.66. The zero-order chi connectivity index (χ0) is 24.0. The van der Waals surface area contributed by atoms with Crippen LogP contribution in [0.1, 0.15) is 119 Å². The molecule has 0 bridgehead atoms. The fraction of sp³-hybridized carbons (Fsp3) is 0.875. The highest BCUT2D eigenvalue weighted by Gasteiger charge is 2.70. The zero-order valence-electron chi connectivity index (χ0n) is 22.9. The van der Waals surface area contributed by atoms with Crippen molar-refractivity contribution < 1.29 is 4.79 Å². The van der Waals surface area contributed by atoms with Gasteiger partial charge in [-0.2, -0.15) is 0 Å². The molecule has 0 aromatic rings. The van der Waals surface area contributed by atoms with Crippen molar-refractivity contribution in [3.05, 3.63) is 18.6 Å². The van der Waals surface area contributed by atoms with E-state index in [4.69, 9.17) is 0 Å². The van der Waals surface area contributed by atoms with E-state index in [0.717, 1.165) is 42.9 Å². The Bertz CT molecular complexity index is 837. The van der Waals surface area contributed by atoms with Crippen LogP contribution in [0, 0.1) is 63.1 Å². The number of carbonyl (C=O) groups is 1. The maximum atomic E-state index is 13.0. The van der Waals surface area contributed by atoms with Crippen LogP contribution >= 0.6 is 0 Å². The molecule has 0 saturated heterocycles. The van der Waals surface area contributed by atoms with E-state index in [1.165, 1.54) is 56.9 Å². The van der Waals surface area contributed by atoms with Gasteiger partial charge in [-0.25, -0.2) is 0 Å². The van der Waals surface area contributed by atoms with Crippen molar-refractivity contribution in [3.8, 4) is 0 Å². The van der Waals surface area contributed by atoms with E-state index in [1.807, 2.05) is 0 Å². The molecular weight excluding hydrogens is 400 g/mol. The molecule has 5 saturated carbocycles. The third-order valence-corrected chi connectivity index (χ3v) is 13.8. The first kappa shape index (κ1) is 24.1. The molecule has 9 atom stereocenters. The van der Waals surface area contributed by atoms with Gasteiger partial charge in [0.2, 0.25) is 0 Å². The molecule has 0 N–H and O–H groups in total. The summed E-state index contributed by atoms with van der Waals surface area (Å²) in [6, 6.07) is 0. The fourth-order valence-corrected chi connectivity index (χ4v) is 11.7. The maximum Gasteiger partial charge on any atom is 0.138 e. The molecule has 0 unspecified atom stereocenters. The highest BCUT2D eigenvalue weighted by atomic mass is 16.1. The molecule has 185 valence electrons. The van der Waals surface area contributed by atoms with Gasteiger partial charge >= 0.3 is 0 Å². The van der Waals surface area contributed by atoms with Crippen LogP contribution in [-0.4, -0.2) is 5.78 Å². The standard InChI is InChI=1S/C32H51O/c1-9-21(3)22-13-18-32(10-2)20-19-30(7)23(27(22)32)11-12-25-29(6)16-15-26(33)28(4,5)24(29)14-17-31(25,30)8/h10,22-25,27H,3,9,11-20H2,1-2,4-8H3/t22-,23+,24-,25+,27+,29-,30+,31+,32+/m0/s1. The molecule has 1 heteroatoms. The highest BCUT2D eigenvalue weighted by Crippen LogP contribution is 2.77. The van der Waals surface area contributed by atoms with Crippen molar-refractivity contribution in [3.63, 3.8) is 0 Å². The minimum Gasteiger partial charge on any atom is -0.299 e. The average molecular weight is 452 g/mol. The molecule has 5 rings (SSSR count). The van der Waals surface area contributed by atoms with Crippen LogP contribution < -0.4 is 0 Å².